The average Bonchev–Trinajstić information content (AvgIpc) is 2.41. The molecule has 9 heteroatoms. The molecule has 2 heterocycles. The number of piperazine rings is 1. The van der Waals surface area contributed by atoms with E-state index in [9.17, 15) is 13.2 Å². The number of hydrogen-bond acceptors (Lipinski definition) is 6. The van der Waals surface area contributed by atoms with Crippen LogP contribution in [0.3, 0.4) is 0 Å². The highest BCUT2D eigenvalue weighted by Crippen LogP contribution is 2.29. The third-order valence-electron chi connectivity index (χ3n) is 3.13. The van der Waals surface area contributed by atoms with Gasteiger partial charge in [-0.3, -0.25) is 0 Å². The van der Waals surface area contributed by atoms with Crippen molar-refractivity contribution in [2.45, 2.75) is 13.1 Å². The molecule has 2 rings (SSSR count). The fourth-order valence-corrected chi connectivity index (χ4v) is 1.97. The van der Waals surface area contributed by atoms with Crippen molar-refractivity contribution in [3.8, 4) is 0 Å². The summed E-state index contributed by atoms with van der Waals surface area (Å²) in [4.78, 5) is 9.70. The lowest BCUT2D eigenvalue weighted by Crippen LogP contribution is -2.47. The van der Waals surface area contributed by atoms with Crippen molar-refractivity contribution in [3.05, 3.63) is 11.8 Å². The van der Waals surface area contributed by atoms with Gasteiger partial charge in [0.25, 0.3) is 0 Å². The summed E-state index contributed by atoms with van der Waals surface area (Å²) in [6, 6.07) is 0.930. The van der Waals surface area contributed by atoms with E-state index in [4.69, 9.17) is 0 Å². The lowest BCUT2D eigenvalue weighted by Gasteiger charge is -2.32. The van der Waals surface area contributed by atoms with Gasteiger partial charge in [-0.1, -0.05) is 0 Å². The minimum Gasteiger partial charge on any atom is -0.354 e. The first-order valence-corrected chi connectivity index (χ1v) is 6.79. The Balaban J connectivity index is 2.15. The summed E-state index contributed by atoms with van der Waals surface area (Å²) in [5, 5.41) is 4.58. The van der Waals surface area contributed by atoms with E-state index in [-0.39, 0.29) is 11.8 Å². The zero-order chi connectivity index (χ0) is 15.5. The highest BCUT2D eigenvalue weighted by Gasteiger charge is 2.34. The fraction of sp³-hybridized carbons (Fsp3) is 0.667. The normalized spacial score (nSPS) is 17.8. The molecule has 0 atom stereocenters. The Bertz CT molecular complexity index is 471. The smallest absolute Gasteiger partial charge is 0.354 e. The van der Waals surface area contributed by atoms with Gasteiger partial charge in [0.2, 0.25) is 5.95 Å². The van der Waals surface area contributed by atoms with Crippen LogP contribution >= 0.6 is 0 Å². The number of rotatable bonds is 4. The van der Waals surface area contributed by atoms with Gasteiger partial charge in [-0.05, 0) is 14.0 Å². The summed E-state index contributed by atoms with van der Waals surface area (Å²) < 4.78 is 38.6. The molecule has 1 fully saturated rings. The molecule has 0 saturated carbocycles. The first-order valence-electron chi connectivity index (χ1n) is 6.79. The molecule has 1 aromatic rings. The number of alkyl halides is 3. The number of likely N-dealkylation sites (N-methyl/N-ethyl adjacent to an activating group) is 1. The van der Waals surface area contributed by atoms with Crippen LogP contribution in [0.4, 0.5) is 24.9 Å². The monoisotopic (exact) mass is 304 g/mol. The summed E-state index contributed by atoms with van der Waals surface area (Å²) in [6.45, 7) is 5.37. The van der Waals surface area contributed by atoms with Crippen molar-refractivity contribution < 1.29 is 13.2 Å². The standard InChI is InChI=1S/C12H19F3N6/c1-3-16-11-17-9(12(13,14)15)8-10(18-11)19-21-6-4-20(2)5-7-21/h8H,3-7H2,1-2H3,(H2,16,17,18,19). The first kappa shape index (κ1) is 15.8. The minimum atomic E-state index is -4.49. The van der Waals surface area contributed by atoms with E-state index in [0.717, 1.165) is 32.2 Å². The lowest BCUT2D eigenvalue weighted by atomic mass is 10.3. The largest absolute Gasteiger partial charge is 0.433 e. The van der Waals surface area contributed by atoms with E-state index in [0.29, 0.717) is 6.54 Å². The van der Waals surface area contributed by atoms with Crippen LogP contribution in [0, 0.1) is 0 Å². The number of nitrogens with zero attached hydrogens (tertiary/aromatic N) is 4. The van der Waals surface area contributed by atoms with Crippen LogP contribution in [0.1, 0.15) is 12.6 Å². The van der Waals surface area contributed by atoms with Crippen LogP contribution in [-0.4, -0.2) is 59.6 Å². The maximum absolute atomic E-state index is 12.9. The fourth-order valence-electron chi connectivity index (χ4n) is 1.97. The summed E-state index contributed by atoms with van der Waals surface area (Å²) in [5.74, 6) is 0.127. The number of halogens is 3. The highest BCUT2D eigenvalue weighted by atomic mass is 19.4. The van der Waals surface area contributed by atoms with Crippen molar-refractivity contribution >= 4 is 11.8 Å². The van der Waals surface area contributed by atoms with E-state index >= 15 is 0 Å². The van der Waals surface area contributed by atoms with Crippen LogP contribution in [0.2, 0.25) is 0 Å². The Hall–Kier alpha value is -1.61. The van der Waals surface area contributed by atoms with Crippen LogP contribution < -0.4 is 10.7 Å². The van der Waals surface area contributed by atoms with Crippen molar-refractivity contribution in [3.63, 3.8) is 0 Å². The molecule has 1 saturated heterocycles. The maximum Gasteiger partial charge on any atom is 0.433 e. The second-order valence-electron chi connectivity index (χ2n) is 4.89. The van der Waals surface area contributed by atoms with E-state index in [2.05, 4.69) is 25.6 Å². The van der Waals surface area contributed by atoms with Gasteiger partial charge in [-0.2, -0.15) is 18.2 Å². The molecule has 0 spiro atoms. The van der Waals surface area contributed by atoms with Crippen molar-refractivity contribution in [2.24, 2.45) is 0 Å². The average molecular weight is 304 g/mol. The lowest BCUT2D eigenvalue weighted by molar-refractivity contribution is -0.141. The molecule has 1 aromatic heterocycles. The molecule has 0 amide bonds. The summed E-state index contributed by atoms with van der Waals surface area (Å²) in [7, 11) is 2.01. The number of hydrogen-bond donors (Lipinski definition) is 2. The quantitative estimate of drug-likeness (QED) is 0.879. The van der Waals surface area contributed by atoms with Crippen molar-refractivity contribution in [2.75, 3.05) is 50.5 Å². The molecule has 6 nitrogen and oxygen atoms in total. The van der Waals surface area contributed by atoms with Crippen LogP contribution in [0.25, 0.3) is 0 Å². The molecule has 0 aromatic carbocycles. The number of hydrazine groups is 1. The Morgan fingerprint density at radius 1 is 1.19 bits per heavy atom. The predicted octanol–water partition coefficient (Wildman–Crippen LogP) is 1.50. The van der Waals surface area contributed by atoms with Crippen LogP contribution in [-0.2, 0) is 6.18 Å². The summed E-state index contributed by atoms with van der Waals surface area (Å²) >= 11 is 0. The Labute approximate surface area is 121 Å². The van der Waals surface area contributed by atoms with Gasteiger partial charge in [0.15, 0.2) is 5.69 Å². The van der Waals surface area contributed by atoms with Crippen LogP contribution in [0.5, 0.6) is 0 Å². The molecule has 2 N–H and O–H groups in total. The van der Waals surface area contributed by atoms with Gasteiger partial charge in [0, 0.05) is 38.8 Å². The van der Waals surface area contributed by atoms with Crippen LogP contribution in [0.15, 0.2) is 6.07 Å². The van der Waals surface area contributed by atoms with E-state index in [1.165, 1.54) is 0 Å². The Morgan fingerprint density at radius 2 is 1.86 bits per heavy atom. The zero-order valence-corrected chi connectivity index (χ0v) is 12.0. The number of aromatic nitrogens is 2. The topological polar surface area (TPSA) is 56.3 Å². The molecular formula is C12H19F3N6. The Kier molecular flexibility index (Phi) is 4.84. The van der Waals surface area contributed by atoms with Crippen molar-refractivity contribution in [1.29, 1.82) is 0 Å². The molecular weight excluding hydrogens is 285 g/mol. The van der Waals surface area contributed by atoms with Gasteiger partial charge >= 0.3 is 6.18 Å². The molecule has 118 valence electrons. The summed E-state index contributed by atoms with van der Waals surface area (Å²) in [6.07, 6.45) is -4.49. The first-order chi connectivity index (χ1) is 9.88. The van der Waals surface area contributed by atoms with Gasteiger partial charge in [-0.15, -0.1) is 0 Å². The highest BCUT2D eigenvalue weighted by molar-refractivity contribution is 5.42. The van der Waals surface area contributed by atoms with Gasteiger partial charge < -0.3 is 15.6 Å². The van der Waals surface area contributed by atoms with Gasteiger partial charge in [0.05, 0.1) is 0 Å². The SMILES string of the molecule is CCNc1nc(NN2CCN(C)CC2)cc(C(F)(F)F)n1. The zero-order valence-electron chi connectivity index (χ0n) is 12.0. The molecule has 0 bridgehead atoms. The summed E-state index contributed by atoms with van der Waals surface area (Å²) in [5.41, 5.74) is 1.97. The third kappa shape index (κ3) is 4.43. The minimum absolute atomic E-state index is 0.0241. The van der Waals surface area contributed by atoms with Gasteiger partial charge in [0.1, 0.15) is 5.82 Å². The van der Waals surface area contributed by atoms with Crippen molar-refractivity contribution in [1.82, 2.24) is 19.9 Å². The molecule has 0 aliphatic carbocycles. The van der Waals surface area contributed by atoms with Gasteiger partial charge in [-0.25, -0.2) is 9.99 Å². The molecule has 1 aliphatic heterocycles. The Morgan fingerprint density at radius 3 is 2.43 bits per heavy atom. The molecule has 0 unspecified atom stereocenters. The molecule has 21 heavy (non-hydrogen) atoms. The molecule has 1 aliphatic rings. The second-order valence-corrected chi connectivity index (χ2v) is 4.89. The van der Waals surface area contributed by atoms with E-state index in [1.807, 2.05) is 12.1 Å². The maximum atomic E-state index is 12.9. The van der Waals surface area contributed by atoms with E-state index in [1.54, 1.807) is 6.92 Å². The predicted molar refractivity (Wildman–Crippen MR) is 73.9 cm³/mol. The molecule has 0 radical (unpaired) electrons. The number of anilines is 2. The third-order valence-corrected chi connectivity index (χ3v) is 3.13. The van der Waals surface area contributed by atoms with E-state index < -0.39 is 11.9 Å². The number of nitrogens with one attached hydrogen (secondary N) is 2. The second kappa shape index (κ2) is 6.44.